The highest BCUT2D eigenvalue weighted by molar-refractivity contribution is 7.78. The Morgan fingerprint density at radius 2 is 0.679 bits per heavy atom. The summed E-state index contributed by atoms with van der Waals surface area (Å²) in [6, 6.07) is 61.8. The Bertz CT molecular complexity index is 2550. The predicted octanol–water partition coefficient (Wildman–Crippen LogP) is 10.8. The molecule has 0 bridgehead atoms. The van der Waals surface area contributed by atoms with Crippen LogP contribution in [0.1, 0.15) is 11.1 Å². The van der Waals surface area contributed by atoms with E-state index in [1.165, 1.54) is 0 Å². The zero-order valence-electron chi connectivity index (χ0n) is 32.3. The molecule has 0 radical (unpaired) electrons. The molecule has 6 heteroatoms. The van der Waals surface area contributed by atoms with Gasteiger partial charge in [-0.25, -0.2) is 0 Å². The van der Waals surface area contributed by atoms with Crippen molar-refractivity contribution in [1.29, 1.82) is 0 Å². The zero-order valence-corrected chi connectivity index (χ0v) is 34.1. The normalized spacial score (nSPS) is 13.6. The van der Waals surface area contributed by atoms with E-state index < -0.39 is 14.3 Å². The van der Waals surface area contributed by atoms with Crippen molar-refractivity contribution in [3.05, 3.63) is 193 Å². The van der Waals surface area contributed by atoms with Gasteiger partial charge in [-0.05, 0) is 92.3 Å². The van der Waals surface area contributed by atoms with Crippen molar-refractivity contribution in [1.82, 2.24) is 0 Å². The highest BCUT2D eigenvalue weighted by Crippen LogP contribution is 2.53. The molecule has 0 aliphatic rings. The standard InChI is InChI=1S/C50H46N2O2P2/c1-51(2)41-27-31-45(32-28-41)55(53,43-17-7-5-8-18-43)35-39-25-23-37-15-11-13-21-47(37)49(39)50-40(26-24-38-16-12-14-22-48(38)50)36-56(54,44-19-9-6-10-20-44)46-33-29-42(30-34-46)52(3)4/h5-34H,35-36H2,1-4H3. The highest BCUT2D eigenvalue weighted by Gasteiger charge is 2.33. The van der Waals surface area contributed by atoms with Crippen LogP contribution >= 0.6 is 14.3 Å². The van der Waals surface area contributed by atoms with Crippen LogP contribution in [-0.2, 0) is 21.5 Å². The summed E-state index contributed by atoms with van der Waals surface area (Å²) >= 11 is 0. The van der Waals surface area contributed by atoms with Gasteiger partial charge in [-0.15, -0.1) is 0 Å². The summed E-state index contributed by atoms with van der Waals surface area (Å²) in [6.45, 7) is 0. The molecule has 2 atom stereocenters. The van der Waals surface area contributed by atoms with Gasteiger partial charge in [-0.1, -0.05) is 133 Å². The average Bonchev–Trinajstić information content (AvgIpc) is 3.24. The first-order chi connectivity index (χ1) is 27.2. The third-order valence-electron chi connectivity index (χ3n) is 11.0. The second-order valence-corrected chi connectivity index (χ2v) is 20.6. The quantitative estimate of drug-likeness (QED) is 0.123. The van der Waals surface area contributed by atoms with Crippen molar-refractivity contribution in [3.8, 4) is 11.1 Å². The Morgan fingerprint density at radius 1 is 0.357 bits per heavy atom. The second kappa shape index (κ2) is 15.5. The van der Waals surface area contributed by atoms with Crippen molar-refractivity contribution in [2.24, 2.45) is 0 Å². The van der Waals surface area contributed by atoms with Crippen LogP contribution in [0.15, 0.2) is 182 Å². The summed E-state index contributed by atoms with van der Waals surface area (Å²) < 4.78 is 31.9. The molecule has 0 saturated carbocycles. The predicted molar refractivity (Wildman–Crippen MR) is 242 cm³/mol. The third-order valence-corrected chi connectivity index (χ3v) is 17.1. The number of anilines is 2. The smallest absolute Gasteiger partial charge is 0.147 e. The molecule has 0 aromatic heterocycles. The maximum Gasteiger partial charge on any atom is 0.147 e. The molecule has 8 rings (SSSR count). The third kappa shape index (κ3) is 7.01. The van der Waals surface area contributed by atoms with Gasteiger partial charge in [0.2, 0.25) is 0 Å². The van der Waals surface area contributed by atoms with E-state index in [9.17, 15) is 0 Å². The van der Waals surface area contributed by atoms with Crippen LogP contribution < -0.4 is 31.0 Å². The fourth-order valence-electron chi connectivity index (χ4n) is 7.95. The number of nitrogens with zero attached hydrogens (tertiary/aromatic N) is 2. The average molecular weight is 769 g/mol. The SMILES string of the molecule is CN(C)c1ccc(P(=O)(Cc2ccc3ccccc3c2-c2c(CP(=O)(c3ccccc3)c3ccc(N(C)C)cc3)ccc3ccccc23)c2ccccc2)cc1. The van der Waals surface area contributed by atoms with Gasteiger partial charge < -0.3 is 18.9 Å². The Labute approximate surface area is 330 Å². The van der Waals surface area contributed by atoms with E-state index in [2.05, 4.69) is 107 Å². The molecule has 8 aromatic rings. The number of rotatable bonds is 11. The van der Waals surface area contributed by atoms with Crippen LogP contribution in [0, 0.1) is 0 Å². The van der Waals surface area contributed by atoms with E-state index in [0.717, 1.165) is 76.4 Å². The molecule has 56 heavy (non-hydrogen) atoms. The summed E-state index contributed by atoms with van der Waals surface area (Å²) in [5.74, 6) is 0. The van der Waals surface area contributed by atoms with E-state index >= 15 is 9.13 Å². The summed E-state index contributed by atoms with van der Waals surface area (Å²) in [5.41, 5.74) is 6.18. The summed E-state index contributed by atoms with van der Waals surface area (Å²) in [7, 11) is 1.63. The summed E-state index contributed by atoms with van der Waals surface area (Å²) in [5, 5.41) is 7.64. The second-order valence-electron chi connectivity index (χ2n) is 14.9. The molecule has 0 fully saturated rings. The van der Waals surface area contributed by atoms with Crippen molar-refractivity contribution in [3.63, 3.8) is 0 Å². The largest absolute Gasteiger partial charge is 0.378 e. The maximum absolute atomic E-state index is 15.9. The van der Waals surface area contributed by atoms with E-state index in [0.29, 0.717) is 12.3 Å². The number of benzene rings is 8. The van der Waals surface area contributed by atoms with Gasteiger partial charge >= 0.3 is 0 Å². The molecule has 0 saturated heterocycles. The maximum atomic E-state index is 15.9. The molecule has 0 amide bonds. The molecule has 4 nitrogen and oxygen atoms in total. The lowest BCUT2D eigenvalue weighted by atomic mass is 9.88. The molecule has 2 unspecified atom stereocenters. The highest BCUT2D eigenvalue weighted by atomic mass is 31.2. The lowest BCUT2D eigenvalue weighted by molar-refractivity contribution is 0.585. The van der Waals surface area contributed by atoms with Crippen LogP contribution in [0.4, 0.5) is 11.4 Å². The van der Waals surface area contributed by atoms with Crippen LogP contribution in [0.5, 0.6) is 0 Å². The fraction of sp³-hybridized carbons (Fsp3) is 0.120. The molecule has 8 aromatic carbocycles. The molecule has 0 N–H and O–H groups in total. The van der Waals surface area contributed by atoms with Crippen molar-refractivity contribution in [2.75, 3.05) is 38.0 Å². The van der Waals surface area contributed by atoms with E-state index in [4.69, 9.17) is 0 Å². The minimum Gasteiger partial charge on any atom is -0.378 e. The first-order valence-electron chi connectivity index (χ1n) is 19.0. The fourth-order valence-corrected chi connectivity index (χ4v) is 13.3. The monoisotopic (exact) mass is 768 g/mol. The van der Waals surface area contributed by atoms with Gasteiger partial charge in [-0.3, -0.25) is 0 Å². The zero-order chi connectivity index (χ0) is 38.9. The first kappa shape index (κ1) is 37.3. The van der Waals surface area contributed by atoms with Crippen molar-refractivity contribution < 1.29 is 9.13 Å². The molecule has 278 valence electrons. The minimum absolute atomic E-state index is 0.323. The van der Waals surface area contributed by atoms with Crippen molar-refractivity contribution >= 4 is 68.4 Å². The molecule has 0 aliphatic heterocycles. The van der Waals surface area contributed by atoms with E-state index in [1.54, 1.807) is 0 Å². The topological polar surface area (TPSA) is 40.6 Å². The van der Waals surface area contributed by atoms with Gasteiger partial charge in [0.1, 0.15) is 14.3 Å². The van der Waals surface area contributed by atoms with Gasteiger partial charge in [-0.2, -0.15) is 0 Å². The number of hydrogen-bond donors (Lipinski definition) is 0. The Balaban J connectivity index is 1.39. The van der Waals surface area contributed by atoms with E-state index in [-0.39, 0.29) is 0 Å². The van der Waals surface area contributed by atoms with E-state index in [1.807, 2.05) is 113 Å². The van der Waals surface area contributed by atoms with Crippen LogP contribution in [0.3, 0.4) is 0 Å². The van der Waals surface area contributed by atoms with Gasteiger partial charge in [0, 0.05) is 73.1 Å². The Morgan fingerprint density at radius 3 is 1.04 bits per heavy atom. The molecule has 0 heterocycles. The molecular formula is C50H46N2O2P2. The first-order valence-corrected chi connectivity index (χ1v) is 22.8. The number of hydrogen-bond acceptors (Lipinski definition) is 4. The Hall–Kier alpha value is -5.66. The van der Waals surface area contributed by atoms with Crippen LogP contribution in [0.2, 0.25) is 0 Å². The van der Waals surface area contributed by atoms with Gasteiger partial charge in [0.05, 0.1) is 0 Å². The van der Waals surface area contributed by atoms with Gasteiger partial charge in [0.15, 0.2) is 0 Å². The Kier molecular flexibility index (Phi) is 10.3. The summed E-state index contributed by atoms with van der Waals surface area (Å²) in [6.07, 6.45) is 0.646. The molecular weight excluding hydrogens is 723 g/mol. The lowest BCUT2D eigenvalue weighted by Crippen LogP contribution is -2.19. The van der Waals surface area contributed by atoms with Gasteiger partial charge in [0.25, 0.3) is 0 Å². The van der Waals surface area contributed by atoms with Crippen molar-refractivity contribution in [2.45, 2.75) is 12.3 Å². The molecule has 0 aliphatic carbocycles. The molecule has 0 spiro atoms. The summed E-state index contributed by atoms with van der Waals surface area (Å²) in [4.78, 5) is 4.12. The minimum atomic E-state index is -3.22. The van der Waals surface area contributed by atoms with Crippen LogP contribution in [0.25, 0.3) is 32.7 Å². The lowest BCUT2D eigenvalue weighted by Gasteiger charge is -2.26. The number of fused-ring (bicyclic) bond motifs is 2. The van der Waals surface area contributed by atoms with Crippen LogP contribution in [-0.4, -0.2) is 28.2 Å².